The molecular formula is C21H28N2O4S. The van der Waals surface area contributed by atoms with Gasteiger partial charge in [0, 0.05) is 6.54 Å². The van der Waals surface area contributed by atoms with E-state index in [0.29, 0.717) is 24.6 Å². The van der Waals surface area contributed by atoms with Gasteiger partial charge in [-0.25, -0.2) is 8.42 Å². The van der Waals surface area contributed by atoms with E-state index >= 15 is 0 Å². The van der Waals surface area contributed by atoms with Crippen molar-refractivity contribution in [1.29, 1.82) is 0 Å². The largest absolute Gasteiger partial charge is 0.494 e. The molecule has 152 valence electrons. The first kappa shape index (κ1) is 21.8. The van der Waals surface area contributed by atoms with Crippen molar-refractivity contribution in [1.82, 2.24) is 5.32 Å². The Morgan fingerprint density at radius 3 is 2.36 bits per heavy atom. The molecule has 0 unspecified atom stereocenters. The zero-order valence-corrected chi connectivity index (χ0v) is 17.2. The molecule has 28 heavy (non-hydrogen) atoms. The monoisotopic (exact) mass is 404 g/mol. The molecule has 7 heteroatoms. The van der Waals surface area contributed by atoms with Gasteiger partial charge in [-0.3, -0.25) is 9.10 Å². The minimum absolute atomic E-state index is 0.251. The van der Waals surface area contributed by atoms with Gasteiger partial charge in [0.05, 0.1) is 18.6 Å². The van der Waals surface area contributed by atoms with Gasteiger partial charge in [-0.2, -0.15) is 0 Å². The predicted octanol–water partition coefficient (Wildman–Crippen LogP) is 2.99. The topological polar surface area (TPSA) is 75.7 Å². The molecule has 0 saturated heterocycles. The van der Waals surface area contributed by atoms with Crippen LogP contribution in [0.2, 0.25) is 0 Å². The molecule has 0 aromatic heterocycles. The van der Waals surface area contributed by atoms with Gasteiger partial charge in [-0.05, 0) is 49.1 Å². The predicted molar refractivity (Wildman–Crippen MR) is 112 cm³/mol. The number of amides is 1. The number of ether oxygens (including phenoxy) is 1. The molecule has 0 bridgehead atoms. The Bertz CT molecular complexity index is 836. The number of aryl methyl sites for hydroxylation is 1. The van der Waals surface area contributed by atoms with Gasteiger partial charge in [-0.15, -0.1) is 0 Å². The maximum absolute atomic E-state index is 12.3. The van der Waals surface area contributed by atoms with Crippen LogP contribution in [0.4, 0.5) is 5.69 Å². The Morgan fingerprint density at radius 1 is 1.07 bits per heavy atom. The lowest BCUT2D eigenvalue weighted by Crippen LogP contribution is -2.40. The number of benzene rings is 2. The second-order valence-corrected chi connectivity index (χ2v) is 8.46. The lowest BCUT2D eigenvalue weighted by Gasteiger charge is -2.22. The van der Waals surface area contributed by atoms with Gasteiger partial charge in [0.1, 0.15) is 12.3 Å². The lowest BCUT2D eigenvalue weighted by molar-refractivity contribution is -0.119. The van der Waals surface area contributed by atoms with E-state index in [0.717, 1.165) is 29.8 Å². The van der Waals surface area contributed by atoms with Crippen molar-refractivity contribution in [3.05, 3.63) is 60.2 Å². The minimum Gasteiger partial charge on any atom is -0.494 e. The number of anilines is 1. The number of hydrogen-bond acceptors (Lipinski definition) is 4. The number of rotatable bonds is 11. The van der Waals surface area contributed by atoms with E-state index in [2.05, 4.69) is 5.32 Å². The summed E-state index contributed by atoms with van der Waals surface area (Å²) >= 11 is 0. The first-order chi connectivity index (χ1) is 13.4. The highest BCUT2D eigenvalue weighted by Crippen LogP contribution is 2.21. The van der Waals surface area contributed by atoms with Crippen LogP contribution >= 0.6 is 0 Å². The van der Waals surface area contributed by atoms with Crippen LogP contribution in [0.1, 0.15) is 25.3 Å². The fourth-order valence-electron chi connectivity index (χ4n) is 2.68. The third kappa shape index (κ3) is 7.23. The molecule has 0 aliphatic heterocycles. The van der Waals surface area contributed by atoms with Crippen molar-refractivity contribution in [2.75, 3.05) is 30.3 Å². The maximum atomic E-state index is 12.3. The Hall–Kier alpha value is -2.54. The van der Waals surface area contributed by atoms with Crippen LogP contribution in [0.3, 0.4) is 0 Å². The number of carbonyl (C=O) groups is 1. The van der Waals surface area contributed by atoms with Crippen LogP contribution in [0.15, 0.2) is 54.6 Å². The summed E-state index contributed by atoms with van der Waals surface area (Å²) in [5.74, 6) is 0.342. The van der Waals surface area contributed by atoms with E-state index in [1.165, 1.54) is 5.56 Å². The van der Waals surface area contributed by atoms with E-state index in [4.69, 9.17) is 4.74 Å². The Labute approximate surface area is 167 Å². The third-order valence-electron chi connectivity index (χ3n) is 4.09. The van der Waals surface area contributed by atoms with Crippen molar-refractivity contribution in [3.8, 4) is 5.75 Å². The van der Waals surface area contributed by atoms with Gasteiger partial charge in [0.25, 0.3) is 0 Å². The standard InChI is InChI=1S/C21H28N2O4S/c1-3-16-27-20-13-11-19(12-14-20)23(28(2,25)26)17-21(24)22-15-7-10-18-8-5-4-6-9-18/h4-6,8-9,11-14H,3,7,10,15-17H2,1-2H3,(H,22,24). The number of hydrogen-bond donors (Lipinski definition) is 1. The first-order valence-corrected chi connectivity index (χ1v) is 11.3. The Morgan fingerprint density at radius 2 is 1.75 bits per heavy atom. The Kier molecular flexibility index (Phi) is 8.32. The average molecular weight is 405 g/mol. The van der Waals surface area contributed by atoms with Crippen molar-refractivity contribution in [2.24, 2.45) is 0 Å². The number of nitrogens with zero attached hydrogens (tertiary/aromatic N) is 1. The van der Waals surface area contributed by atoms with Crippen LogP contribution in [-0.4, -0.2) is 40.3 Å². The zero-order chi connectivity index (χ0) is 20.4. The molecule has 2 aromatic rings. The lowest BCUT2D eigenvalue weighted by atomic mass is 10.1. The highest BCUT2D eigenvalue weighted by molar-refractivity contribution is 7.92. The zero-order valence-electron chi connectivity index (χ0n) is 16.4. The third-order valence-corrected chi connectivity index (χ3v) is 5.23. The van der Waals surface area contributed by atoms with Crippen molar-refractivity contribution in [2.45, 2.75) is 26.2 Å². The van der Waals surface area contributed by atoms with E-state index in [1.807, 2.05) is 37.3 Å². The van der Waals surface area contributed by atoms with E-state index in [1.54, 1.807) is 24.3 Å². The minimum atomic E-state index is -3.58. The molecule has 0 aliphatic rings. The second-order valence-electron chi connectivity index (χ2n) is 6.55. The molecule has 1 amide bonds. The van der Waals surface area contributed by atoms with Gasteiger partial charge < -0.3 is 10.1 Å². The molecular weight excluding hydrogens is 376 g/mol. The van der Waals surface area contributed by atoms with Crippen LogP contribution in [0, 0.1) is 0 Å². The molecule has 2 aromatic carbocycles. The highest BCUT2D eigenvalue weighted by atomic mass is 32.2. The van der Waals surface area contributed by atoms with Crippen LogP contribution in [0.5, 0.6) is 5.75 Å². The second kappa shape index (κ2) is 10.7. The normalized spacial score (nSPS) is 11.1. The summed E-state index contributed by atoms with van der Waals surface area (Å²) in [6.45, 7) is 2.85. The van der Waals surface area contributed by atoms with Crippen molar-refractivity contribution in [3.63, 3.8) is 0 Å². The highest BCUT2D eigenvalue weighted by Gasteiger charge is 2.20. The summed E-state index contributed by atoms with van der Waals surface area (Å²) in [5, 5.41) is 2.79. The summed E-state index contributed by atoms with van der Waals surface area (Å²) < 4.78 is 30.9. The van der Waals surface area contributed by atoms with Gasteiger partial charge in [0.15, 0.2) is 0 Å². The van der Waals surface area contributed by atoms with Crippen molar-refractivity contribution < 1.29 is 17.9 Å². The summed E-state index contributed by atoms with van der Waals surface area (Å²) in [4.78, 5) is 12.3. The molecule has 0 saturated carbocycles. The summed E-state index contributed by atoms with van der Waals surface area (Å²) in [5.41, 5.74) is 1.64. The maximum Gasteiger partial charge on any atom is 0.240 e. The molecule has 2 rings (SSSR count). The molecule has 0 radical (unpaired) electrons. The number of nitrogens with one attached hydrogen (secondary N) is 1. The smallest absolute Gasteiger partial charge is 0.240 e. The van der Waals surface area contributed by atoms with Gasteiger partial charge in [0.2, 0.25) is 15.9 Å². The number of sulfonamides is 1. The average Bonchev–Trinajstić information content (AvgIpc) is 2.68. The molecule has 6 nitrogen and oxygen atoms in total. The Balaban J connectivity index is 1.90. The number of carbonyl (C=O) groups excluding carboxylic acids is 1. The van der Waals surface area contributed by atoms with E-state index in [9.17, 15) is 13.2 Å². The van der Waals surface area contributed by atoms with E-state index in [-0.39, 0.29) is 12.5 Å². The van der Waals surface area contributed by atoms with Crippen molar-refractivity contribution >= 4 is 21.6 Å². The molecule has 1 N–H and O–H groups in total. The van der Waals surface area contributed by atoms with Crippen LogP contribution in [0.25, 0.3) is 0 Å². The first-order valence-electron chi connectivity index (χ1n) is 9.41. The molecule has 0 spiro atoms. The summed E-state index contributed by atoms with van der Waals surface area (Å²) in [6, 6.07) is 16.7. The van der Waals surface area contributed by atoms with Gasteiger partial charge >= 0.3 is 0 Å². The van der Waals surface area contributed by atoms with E-state index < -0.39 is 10.0 Å². The van der Waals surface area contributed by atoms with Gasteiger partial charge in [-0.1, -0.05) is 37.3 Å². The fraction of sp³-hybridized carbons (Fsp3) is 0.381. The summed E-state index contributed by atoms with van der Waals surface area (Å²) in [6.07, 6.45) is 3.63. The fourth-order valence-corrected chi connectivity index (χ4v) is 3.54. The SMILES string of the molecule is CCCOc1ccc(N(CC(=O)NCCCc2ccccc2)S(C)(=O)=O)cc1. The molecule has 0 atom stereocenters. The molecule has 0 aliphatic carbocycles. The quantitative estimate of drug-likeness (QED) is 0.584. The van der Waals surface area contributed by atoms with Crippen LogP contribution in [-0.2, 0) is 21.2 Å². The summed E-state index contributed by atoms with van der Waals surface area (Å²) in [7, 11) is -3.58. The molecule has 0 heterocycles. The molecule has 0 fully saturated rings. The van der Waals surface area contributed by atoms with Crippen LogP contribution < -0.4 is 14.4 Å².